The van der Waals surface area contributed by atoms with Crippen molar-refractivity contribution in [1.82, 2.24) is 10.2 Å². The highest BCUT2D eigenvalue weighted by molar-refractivity contribution is 7.92. The summed E-state index contributed by atoms with van der Waals surface area (Å²) in [6, 6.07) is 16.2. The Bertz CT molecular complexity index is 1540. The molecule has 0 heterocycles. The lowest BCUT2D eigenvalue weighted by Crippen LogP contribution is -2.51. The fraction of sp³-hybridized carbons (Fsp3) is 0.355. The van der Waals surface area contributed by atoms with Gasteiger partial charge in [-0.25, -0.2) is 8.42 Å². The van der Waals surface area contributed by atoms with E-state index in [1.165, 1.54) is 43.2 Å². The van der Waals surface area contributed by atoms with Gasteiger partial charge >= 0.3 is 0 Å². The van der Waals surface area contributed by atoms with E-state index in [0.717, 1.165) is 34.3 Å². The summed E-state index contributed by atoms with van der Waals surface area (Å²) in [5.41, 5.74) is 1.87. The van der Waals surface area contributed by atoms with E-state index in [9.17, 15) is 28.1 Å². The van der Waals surface area contributed by atoms with Crippen LogP contribution in [0.15, 0.2) is 71.6 Å². The van der Waals surface area contributed by atoms with Gasteiger partial charge in [-0.15, -0.1) is 0 Å². The van der Waals surface area contributed by atoms with Crippen LogP contribution in [-0.2, 0) is 26.2 Å². The maximum Gasteiger partial charge on any atom is 0.273 e. The van der Waals surface area contributed by atoms with Crippen molar-refractivity contribution in [3.05, 3.63) is 93.5 Å². The van der Waals surface area contributed by atoms with Crippen molar-refractivity contribution in [3.63, 3.8) is 0 Å². The molecule has 0 unspecified atom stereocenters. The van der Waals surface area contributed by atoms with E-state index in [1.807, 2.05) is 38.1 Å². The molecule has 1 N–H and O–H groups in total. The molecule has 43 heavy (non-hydrogen) atoms. The molecule has 0 spiro atoms. The second-order valence-corrected chi connectivity index (χ2v) is 12.1. The van der Waals surface area contributed by atoms with Gasteiger partial charge in [-0.2, -0.15) is 0 Å². The number of benzene rings is 3. The maximum atomic E-state index is 14.0. The van der Waals surface area contributed by atoms with Gasteiger partial charge in [0.2, 0.25) is 11.8 Å². The van der Waals surface area contributed by atoms with Crippen LogP contribution in [0.2, 0.25) is 0 Å². The molecular formula is C31H38N4O7S. The smallest absolute Gasteiger partial charge is 0.273 e. The van der Waals surface area contributed by atoms with Gasteiger partial charge in [-0.1, -0.05) is 49.2 Å². The highest BCUT2D eigenvalue weighted by Crippen LogP contribution is 2.29. The average Bonchev–Trinajstić information content (AvgIpc) is 2.99. The van der Waals surface area contributed by atoms with Crippen LogP contribution in [-0.4, -0.2) is 56.3 Å². The SMILES string of the molecule is CCCCNC(=O)[C@H](C)N(Cc1ccc(C)cc1)C(=O)CN(c1ccc(OC)cc1)S(=O)(=O)c1ccc(C)c([N+](=O)[O-])c1. The molecule has 0 aliphatic heterocycles. The fourth-order valence-electron chi connectivity index (χ4n) is 4.36. The number of amides is 2. The number of nitrogens with zero attached hydrogens (tertiary/aromatic N) is 3. The molecule has 3 aromatic carbocycles. The van der Waals surface area contributed by atoms with Crippen LogP contribution < -0.4 is 14.4 Å². The van der Waals surface area contributed by atoms with Crippen molar-refractivity contribution in [2.45, 2.75) is 58.0 Å². The number of methoxy groups -OCH3 is 1. The van der Waals surface area contributed by atoms with Crippen LogP contribution in [0.25, 0.3) is 0 Å². The van der Waals surface area contributed by atoms with Crippen LogP contribution in [0.4, 0.5) is 11.4 Å². The van der Waals surface area contributed by atoms with Crippen molar-refractivity contribution in [2.24, 2.45) is 0 Å². The summed E-state index contributed by atoms with van der Waals surface area (Å²) in [6.45, 7) is 6.90. The van der Waals surface area contributed by atoms with Gasteiger partial charge in [-0.05, 0) is 63.1 Å². The zero-order valence-electron chi connectivity index (χ0n) is 25.1. The molecule has 3 rings (SSSR count). The maximum absolute atomic E-state index is 14.0. The van der Waals surface area contributed by atoms with E-state index in [-0.39, 0.29) is 28.7 Å². The van der Waals surface area contributed by atoms with Crippen molar-refractivity contribution in [2.75, 3.05) is 24.5 Å². The Morgan fingerprint density at radius 3 is 2.26 bits per heavy atom. The van der Waals surface area contributed by atoms with Crippen LogP contribution in [0, 0.1) is 24.0 Å². The Hall–Kier alpha value is -4.45. The van der Waals surface area contributed by atoms with E-state index in [4.69, 9.17) is 4.74 Å². The lowest BCUT2D eigenvalue weighted by molar-refractivity contribution is -0.385. The third-order valence-electron chi connectivity index (χ3n) is 7.07. The first-order valence-corrected chi connectivity index (χ1v) is 15.4. The molecule has 2 amide bonds. The van der Waals surface area contributed by atoms with Crippen molar-refractivity contribution in [3.8, 4) is 5.75 Å². The Morgan fingerprint density at radius 1 is 1.02 bits per heavy atom. The Labute approximate surface area is 252 Å². The zero-order chi connectivity index (χ0) is 31.7. The fourth-order valence-corrected chi connectivity index (χ4v) is 5.79. The highest BCUT2D eigenvalue weighted by Gasteiger charge is 2.33. The number of hydrogen-bond acceptors (Lipinski definition) is 7. The highest BCUT2D eigenvalue weighted by atomic mass is 32.2. The normalized spacial score (nSPS) is 11.8. The van der Waals surface area contributed by atoms with Gasteiger partial charge in [0, 0.05) is 24.7 Å². The van der Waals surface area contributed by atoms with Crippen molar-refractivity contribution < 1.29 is 27.7 Å². The molecular weight excluding hydrogens is 572 g/mol. The molecule has 0 aliphatic carbocycles. The second kappa shape index (κ2) is 14.6. The number of anilines is 1. The minimum Gasteiger partial charge on any atom is -0.497 e. The monoisotopic (exact) mass is 610 g/mol. The first kappa shape index (κ1) is 33.1. The van der Waals surface area contributed by atoms with Crippen LogP contribution >= 0.6 is 0 Å². The van der Waals surface area contributed by atoms with Gasteiger partial charge in [-0.3, -0.25) is 24.0 Å². The number of carbonyl (C=O) groups is 2. The number of unbranched alkanes of at least 4 members (excludes halogenated alkanes) is 1. The molecule has 0 bridgehead atoms. The quantitative estimate of drug-likeness (QED) is 0.158. The van der Waals surface area contributed by atoms with Crippen molar-refractivity contribution >= 4 is 33.2 Å². The van der Waals surface area contributed by atoms with Gasteiger partial charge in [0.1, 0.15) is 18.3 Å². The Morgan fingerprint density at radius 2 is 1.67 bits per heavy atom. The number of aryl methyl sites for hydroxylation is 2. The number of hydrogen-bond donors (Lipinski definition) is 1. The largest absolute Gasteiger partial charge is 0.497 e. The standard InChI is InChI=1S/C31H38N4O7S/c1-6-7-18-32-31(37)24(4)33(20-25-11-8-22(2)9-12-25)30(36)21-34(26-13-15-27(42-5)16-14-26)43(40,41)28-17-10-23(3)29(19-28)35(38)39/h8-17,19,24H,6-7,18,20-21H2,1-5H3,(H,32,37)/t24-/m0/s1. The minimum atomic E-state index is -4.48. The molecule has 12 heteroatoms. The first-order chi connectivity index (χ1) is 20.4. The predicted molar refractivity (Wildman–Crippen MR) is 164 cm³/mol. The zero-order valence-corrected chi connectivity index (χ0v) is 25.9. The van der Waals surface area contributed by atoms with Gasteiger partial charge in [0.25, 0.3) is 15.7 Å². The molecule has 3 aromatic rings. The number of sulfonamides is 1. The summed E-state index contributed by atoms with van der Waals surface area (Å²) in [5, 5.41) is 14.4. The summed E-state index contributed by atoms with van der Waals surface area (Å²) in [4.78, 5) is 39.0. The molecule has 0 fully saturated rings. The molecule has 0 saturated heterocycles. The minimum absolute atomic E-state index is 0.0635. The lowest BCUT2D eigenvalue weighted by Gasteiger charge is -2.32. The van der Waals surface area contributed by atoms with Gasteiger partial charge < -0.3 is 15.0 Å². The van der Waals surface area contributed by atoms with Crippen LogP contribution in [0.1, 0.15) is 43.4 Å². The molecule has 0 aromatic heterocycles. The van der Waals surface area contributed by atoms with E-state index in [2.05, 4.69) is 5.32 Å². The third-order valence-corrected chi connectivity index (χ3v) is 8.84. The summed E-state index contributed by atoms with van der Waals surface area (Å²) in [6.07, 6.45) is 1.66. The number of nitro groups is 1. The van der Waals surface area contributed by atoms with E-state index >= 15 is 0 Å². The molecule has 0 radical (unpaired) electrons. The first-order valence-electron chi connectivity index (χ1n) is 13.9. The molecule has 11 nitrogen and oxygen atoms in total. The summed E-state index contributed by atoms with van der Waals surface area (Å²) < 4.78 is 34.2. The van der Waals surface area contributed by atoms with E-state index in [1.54, 1.807) is 19.1 Å². The predicted octanol–water partition coefficient (Wildman–Crippen LogP) is 4.75. The topological polar surface area (TPSA) is 139 Å². The Balaban J connectivity index is 2.06. The number of carbonyl (C=O) groups excluding carboxylic acids is 2. The van der Waals surface area contributed by atoms with Crippen molar-refractivity contribution in [1.29, 1.82) is 0 Å². The molecule has 1 atom stereocenters. The summed E-state index contributed by atoms with van der Waals surface area (Å²) >= 11 is 0. The van der Waals surface area contributed by atoms with E-state index in [0.29, 0.717) is 17.9 Å². The van der Waals surface area contributed by atoms with E-state index < -0.39 is 33.4 Å². The molecule has 230 valence electrons. The molecule has 0 aliphatic rings. The number of nitro benzene ring substituents is 1. The molecule has 0 saturated carbocycles. The Kier molecular flexibility index (Phi) is 11.2. The van der Waals surface area contributed by atoms with Crippen LogP contribution in [0.5, 0.6) is 5.75 Å². The average molecular weight is 611 g/mol. The van der Waals surface area contributed by atoms with Gasteiger partial charge in [0.15, 0.2) is 0 Å². The third kappa shape index (κ3) is 8.31. The van der Waals surface area contributed by atoms with Gasteiger partial charge in [0.05, 0.1) is 22.6 Å². The lowest BCUT2D eigenvalue weighted by atomic mass is 10.1. The second-order valence-electron chi connectivity index (χ2n) is 10.2. The number of nitrogens with one attached hydrogen (secondary N) is 1. The summed E-state index contributed by atoms with van der Waals surface area (Å²) in [7, 11) is -3.01. The summed E-state index contributed by atoms with van der Waals surface area (Å²) in [5.74, 6) is -0.515. The number of rotatable bonds is 14. The number of ether oxygens (including phenoxy) is 1. The van der Waals surface area contributed by atoms with Crippen LogP contribution in [0.3, 0.4) is 0 Å².